The van der Waals surface area contributed by atoms with Crippen LogP contribution >= 0.6 is 0 Å². The second-order valence-corrected chi connectivity index (χ2v) is 3.00. The summed E-state index contributed by atoms with van der Waals surface area (Å²) in [6.45, 7) is 2.76. The highest BCUT2D eigenvalue weighted by atomic mass is 16.5. The molecule has 1 aromatic carbocycles. The fourth-order valence-electron chi connectivity index (χ4n) is 1.35. The van der Waals surface area contributed by atoms with Gasteiger partial charge in [-0.15, -0.1) is 0 Å². The Morgan fingerprint density at radius 1 is 1.43 bits per heavy atom. The van der Waals surface area contributed by atoms with Crippen molar-refractivity contribution >= 4 is 5.97 Å². The highest BCUT2D eigenvalue weighted by Crippen LogP contribution is 2.14. The second-order valence-electron chi connectivity index (χ2n) is 3.00. The molecule has 0 saturated heterocycles. The number of carbonyl (C=O) groups is 1. The van der Waals surface area contributed by atoms with Gasteiger partial charge in [0.2, 0.25) is 0 Å². The van der Waals surface area contributed by atoms with Crippen molar-refractivity contribution in [1.82, 2.24) is 0 Å². The summed E-state index contributed by atoms with van der Waals surface area (Å²) in [7, 11) is 0. The van der Waals surface area contributed by atoms with Crippen molar-refractivity contribution in [1.29, 1.82) is 0 Å². The van der Waals surface area contributed by atoms with Crippen LogP contribution in [0.3, 0.4) is 0 Å². The maximum atomic E-state index is 11.5. The average molecular weight is 194 g/mol. The number of esters is 1. The summed E-state index contributed by atoms with van der Waals surface area (Å²) in [4.78, 5) is 11.5. The molecule has 0 aliphatic carbocycles. The first-order valence-corrected chi connectivity index (χ1v) is 4.80. The highest BCUT2D eigenvalue weighted by Gasteiger charge is 2.21. The molecule has 0 fully saturated rings. The maximum Gasteiger partial charge on any atom is 0.319 e. The van der Waals surface area contributed by atoms with E-state index in [-0.39, 0.29) is 11.9 Å². The van der Waals surface area contributed by atoms with Crippen LogP contribution in [0.5, 0.6) is 0 Å². The summed E-state index contributed by atoms with van der Waals surface area (Å²) in [5.74, 6) is -0.412. The molecule has 0 heterocycles. The van der Waals surface area contributed by atoms with Crippen molar-refractivity contribution in [2.45, 2.75) is 12.8 Å². The third-order valence-corrected chi connectivity index (χ3v) is 2.06. The molecular formula is C11H16NO2+. The molecule has 0 amide bonds. The molecule has 1 rings (SSSR count). The molecule has 0 aliphatic rings. The third kappa shape index (κ3) is 2.57. The van der Waals surface area contributed by atoms with Gasteiger partial charge in [0, 0.05) is 0 Å². The molecule has 3 heteroatoms. The minimum Gasteiger partial charge on any atom is -0.465 e. The molecule has 0 spiro atoms. The topological polar surface area (TPSA) is 53.9 Å². The Bertz CT molecular complexity index is 285. The Hall–Kier alpha value is -1.35. The lowest BCUT2D eigenvalue weighted by molar-refractivity contribution is -0.370. The predicted octanol–water partition coefficient (Wildman–Crippen LogP) is 0.575. The Labute approximate surface area is 83.9 Å². The third-order valence-electron chi connectivity index (χ3n) is 2.06. The first-order chi connectivity index (χ1) is 6.79. The molecule has 0 unspecified atom stereocenters. The van der Waals surface area contributed by atoms with Crippen LogP contribution in [0.15, 0.2) is 30.3 Å². The molecule has 0 bridgehead atoms. The zero-order chi connectivity index (χ0) is 10.4. The van der Waals surface area contributed by atoms with Crippen molar-refractivity contribution in [3.63, 3.8) is 0 Å². The van der Waals surface area contributed by atoms with Gasteiger partial charge in [0.25, 0.3) is 0 Å². The van der Waals surface area contributed by atoms with Crippen molar-refractivity contribution in [3.8, 4) is 0 Å². The zero-order valence-corrected chi connectivity index (χ0v) is 8.40. The SMILES string of the molecule is CCOC(=O)[C@@H](C[NH3+])c1ccccc1. The maximum absolute atomic E-state index is 11.5. The number of ether oxygens (including phenoxy) is 1. The van der Waals surface area contributed by atoms with Crippen LogP contribution in [-0.4, -0.2) is 19.1 Å². The predicted molar refractivity (Wildman–Crippen MR) is 53.6 cm³/mol. The normalized spacial score (nSPS) is 12.1. The van der Waals surface area contributed by atoms with Crippen molar-refractivity contribution in [3.05, 3.63) is 35.9 Å². The molecule has 0 aliphatic heterocycles. The van der Waals surface area contributed by atoms with Gasteiger partial charge in [0.05, 0.1) is 13.2 Å². The van der Waals surface area contributed by atoms with Crippen LogP contribution < -0.4 is 5.73 Å². The van der Waals surface area contributed by atoms with Crippen LogP contribution in [0.4, 0.5) is 0 Å². The van der Waals surface area contributed by atoms with Gasteiger partial charge in [-0.3, -0.25) is 4.79 Å². The van der Waals surface area contributed by atoms with Crippen molar-refractivity contribution in [2.75, 3.05) is 13.2 Å². The summed E-state index contributed by atoms with van der Waals surface area (Å²) < 4.78 is 4.97. The fraction of sp³-hybridized carbons (Fsp3) is 0.364. The van der Waals surface area contributed by atoms with Crippen LogP contribution in [0, 0.1) is 0 Å². The van der Waals surface area contributed by atoms with Gasteiger partial charge in [-0.25, -0.2) is 0 Å². The summed E-state index contributed by atoms with van der Waals surface area (Å²) >= 11 is 0. The minimum absolute atomic E-state index is 0.186. The van der Waals surface area contributed by atoms with Crippen LogP contribution in [0.2, 0.25) is 0 Å². The summed E-state index contributed by atoms with van der Waals surface area (Å²) in [5, 5.41) is 0. The first-order valence-electron chi connectivity index (χ1n) is 4.80. The lowest BCUT2D eigenvalue weighted by Gasteiger charge is -2.11. The number of benzene rings is 1. The molecular weight excluding hydrogens is 178 g/mol. The molecule has 1 aromatic rings. The van der Waals surface area contributed by atoms with E-state index in [4.69, 9.17) is 4.74 Å². The van der Waals surface area contributed by atoms with Crippen molar-refractivity contribution < 1.29 is 15.3 Å². The second kappa shape index (κ2) is 5.40. The molecule has 3 N–H and O–H groups in total. The molecule has 3 nitrogen and oxygen atoms in total. The van der Waals surface area contributed by atoms with E-state index in [1.807, 2.05) is 37.3 Å². The largest absolute Gasteiger partial charge is 0.465 e. The quantitative estimate of drug-likeness (QED) is 0.713. The molecule has 0 saturated carbocycles. The number of carbonyl (C=O) groups excluding carboxylic acids is 1. The van der Waals surface area contributed by atoms with Gasteiger partial charge in [0.15, 0.2) is 0 Å². The lowest BCUT2D eigenvalue weighted by Crippen LogP contribution is -2.54. The summed E-state index contributed by atoms with van der Waals surface area (Å²) in [6.07, 6.45) is 0. The Morgan fingerprint density at radius 3 is 2.57 bits per heavy atom. The standard InChI is InChI=1S/C11H15NO2/c1-2-14-11(13)10(8-12)9-6-4-3-5-7-9/h3-7,10H,2,8,12H2,1H3/p+1/t10-/m0/s1. The number of hydrogen-bond donors (Lipinski definition) is 1. The molecule has 0 radical (unpaired) electrons. The van der Waals surface area contributed by atoms with E-state index in [2.05, 4.69) is 5.73 Å². The zero-order valence-electron chi connectivity index (χ0n) is 8.40. The smallest absolute Gasteiger partial charge is 0.319 e. The highest BCUT2D eigenvalue weighted by molar-refractivity contribution is 5.78. The first kappa shape index (κ1) is 10.7. The fourth-order valence-corrected chi connectivity index (χ4v) is 1.35. The summed E-state index contributed by atoms with van der Waals surface area (Å²) in [6, 6.07) is 9.60. The number of rotatable bonds is 4. The molecule has 76 valence electrons. The van der Waals surface area contributed by atoms with Gasteiger partial charge < -0.3 is 10.5 Å². The lowest BCUT2D eigenvalue weighted by atomic mass is 10.00. The molecule has 0 aromatic heterocycles. The van der Waals surface area contributed by atoms with E-state index in [1.165, 1.54) is 0 Å². The van der Waals surface area contributed by atoms with Crippen LogP contribution in [-0.2, 0) is 9.53 Å². The Balaban J connectivity index is 2.77. The van der Waals surface area contributed by atoms with Gasteiger partial charge in [-0.1, -0.05) is 30.3 Å². The Morgan fingerprint density at radius 2 is 2.07 bits per heavy atom. The Kier molecular flexibility index (Phi) is 4.13. The van der Waals surface area contributed by atoms with E-state index in [9.17, 15) is 4.79 Å². The average Bonchev–Trinajstić information content (AvgIpc) is 2.21. The minimum atomic E-state index is -0.226. The molecule has 14 heavy (non-hydrogen) atoms. The van der Waals surface area contributed by atoms with Gasteiger partial charge in [-0.2, -0.15) is 0 Å². The number of quaternary nitrogens is 1. The monoisotopic (exact) mass is 194 g/mol. The van der Waals surface area contributed by atoms with Crippen LogP contribution in [0.25, 0.3) is 0 Å². The van der Waals surface area contributed by atoms with E-state index >= 15 is 0 Å². The van der Waals surface area contributed by atoms with Crippen molar-refractivity contribution in [2.24, 2.45) is 0 Å². The van der Waals surface area contributed by atoms with Gasteiger partial charge in [0.1, 0.15) is 5.92 Å². The summed E-state index contributed by atoms with van der Waals surface area (Å²) in [5.41, 5.74) is 4.74. The van der Waals surface area contributed by atoms with Gasteiger partial charge in [-0.05, 0) is 12.5 Å². The van der Waals surface area contributed by atoms with E-state index in [0.717, 1.165) is 5.56 Å². The van der Waals surface area contributed by atoms with Gasteiger partial charge >= 0.3 is 5.97 Å². The number of hydrogen-bond acceptors (Lipinski definition) is 2. The molecule has 1 atom stereocenters. The van der Waals surface area contributed by atoms with E-state index in [0.29, 0.717) is 13.2 Å². The van der Waals surface area contributed by atoms with E-state index in [1.54, 1.807) is 0 Å². The van der Waals surface area contributed by atoms with Crippen LogP contribution in [0.1, 0.15) is 18.4 Å². The van der Waals surface area contributed by atoms with E-state index < -0.39 is 0 Å².